The van der Waals surface area contributed by atoms with E-state index >= 15 is 0 Å². The summed E-state index contributed by atoms with van der Waals surface area (Å²) in [7, 11) is 1.64. The maximum Gasteiger partial charge on any atom is 0.281 e. The van der Waals surface area contributed by atoms with Crippen LogP contribution in [0, 0.1) is 13.8 Å². The summed E-state index contributed by atoms with van der Waals surface area (Å²) in [5.74, 6) is -0.0843. The van der Waals surface area contributed by atoms with E-state index in [4.69, 9.17) is 4.74 Å². The number of fused-ring (bicyclic) bond motifs is 1. The second kappa shape index (κ2) is 8.39. The Morgan fingerprint density at radius 1 is 1.21 bits per heavy atom. The van der Waals surface area contributed by atoms with E-state index in [1.807, 2.05) is 55.7 Å². The van der Waals surface area contributed by atoms with Gasteiger partial charge in [0.2, 0.25) is 5.91 Å². The van der Waals surface area contributed by atoms with Crippen LogP contribution >= 0.6 is 0 Å². The Bertz CT molecular complexity index is 1040. The highest BCUT2D eigenvalue weighted by molar-refractivity contribution is 5.89. The van der Waals surface area contributed by atoms with E-state index in [0.29, 0.717) is 24.2 Å². The van der Waals surface area contributed by atoms with Gasteiger partial charge in [0.05, 0.1) is 17.3 Å². The smallest absolute Gasteiger partial charge is 0.281 e. The van der Waals surface area contributed by atoms with Crippen LogP contribution in [0.2, 0.25) is 0 Å². The van der Waals surface area contributed by atoms with Gasteiger partial charge in [-0.2, -0.15) is 9.78 Å². The first-order valence-electron chi connectivity index (χ1n) is 9.38. The zero-order valence-electron chi connectivity index (χ0n) is 16.7. The molecule has 0 saturated heterocycles. The standard InChI is InChI=1S/C21H26N4O3/c1-14-18-13-23-25(17-9-6-5-7-10-17)21(27)19(18)15(2)24(14)16(3)20(26)22-11-8-12-28-4/h5-7,9-10,13,16H,8,11-12H2,1-4H3,(H,22,26)/t16-/m1/s1. The lowest BCUT2D eigenvalue weighted by Gasteiger charge is -2.18. The average molecular weight is 382 g/mol. The monoisotopic (exact) mass is 382 g/mol. The highest BCUT2D eigenvalue weighted by atomic mass is 16.5. The molecule has 1 amide bonds. The van der Waals surface area contributed by atoms with Crippen LogP contribution in [0.3, 0.4) is 0 Å². The summed E-state index contributed by atoms with van der Waals surface area (Å²) < 4.78 is 8.32. The van der Waals surface area contributed by atoms with Crippen LogP contribution in [-0.4, -0.2) is 40.5 Å². The summed E-state index contributed by atoms with van der Waals surface area (Å²) in [6.45, 7) is 6.79. The van der Waals surface area contributed by atoms with Gasteiger partial charge in [0.25, 0.3) is 5.56 Å². The van der Waals surface area contributed by atoms with Crippen molar-refractivity contribution in [2.45, 2.75) is 33.2 Å². The van der Waals surface area contributed by atoms with E-state index in [1.54, 1.807) is 13.3 Å². The minimum Gasteiger partial charge on any atom is -0.385 e. The third kappa shape index (κ3) is 3.57. The molecule has 0 unspecified atom stereocenters. The molecule has 0 aliphatic carbocycles. The first-order valence-corrected chi connectivity index (χ1v) is 9.38. The fourth-order valence-corrected chi connectivity index (χ4v) is 3.61. The summed E-state index contributed by atoms with van der Waals surface area (Å²) in [5.41, 5.74) is 2.15. The minimum atomic E-state index is -0.431. The number of nitrogens with one attached hydrogen (secondary N) is 1. The van der Waals surface area contributed by atoms with Crippen molar-refractivity contribution in [3.05, 3.63) is 58.3 Å². The molecule has 3 aromatic rings. The Morgan fingerprint density at radius 3 is 2.61 bits per heavy atom. The predicted octanol–water partition coefficient (Wildman–Crippen LogP) is 2.52. The maximum absolute atomic E-state index is 13.1. The molecule has 1 N–H and O–H groups in total. The van der Waals surface area contributed by atoms with Gasteiger partial charge in [0.15, 0.2) is 0 Å². The number of ether oxygens (including phenoxy) is 1. The van der Waals surface area contributed by atoms with Crippen LogP contribution in [-0.2, 0) is 9.53 Å². The predicted molar refractivity (Wildman–Crippen MR) is 109 cm³/mol. The maximum atomic E-state index is 13.1. The third-order valence-electron chi connectivity index (χ3n) is 5.04. The number of hydrogen-bond acceptors (Lipinski definition) is 4. The van der Waals surface area contributed by atoms with Gasteiger partial charge in [0.1, 0.15) is 6.04 Å². The number of aromatic nitrogens is 3. The van der Waals surface area contributed by atoms with Crippen molar-refractivity contribution in [1.82, 2.24) is 19.7 Å². The van der Waals surface area contributed by atoms with E-state index in [2.05, 4.69) is 10.4 Å². The second-order valence-electron chi connectivity index (χ2n) is 6.84. The normalized spacial score (nSPS) is 12.3. The number of hydrogen-bond donors (Lipinski definition) is 1. The van der Waals surface area contributed by atoms with Gasteiger partial charge >= 0.3 is 0 Å². The molecule has 28 heavy (non-hydrogen) atoms. The van der Waals surface area contributed by atoms with Crippen molar-refractivity contribution < 1.29 is 9.53 Å². The lowest BCUT2D eigenvalue weighted by molar-refractivity contribution is -0.123. The van der Waals surface area contributed by atoms with Crippen molar-refractivity contribution in [3.63, 3.8) is 0 Å². The topological polar surface area (TPSA) is 78.2 Å². The molecular formula is C21H26N4O3. The van der Waals surface area contributed by atoms with Gasteiger partial charge in [-0.15, -0.1) is 0 Å². The van der Waals surface area contributed by atoms with E-state index in [9.17, 15) is 9.59 Å². The molecule has 0 aliphatic heterocycles. The van der Waals surface area contributed by atoms with Crippen LogP contribution in [0.5, 0.6) is 0 Å². The molecule has 2 aromatic heterocycles. The number of benzene rings is 1. The number of carbonyl (C=O) groups is 1. The molecule has 148 valence electrons. The van der Waals surface area contributed by atoms with E-state index in [1.165, 1.54) is 4.68 Å². The van der Waals surface area contributed by atoms with Gasteiger partial charge in [-0.3, -0.25) is 9.59 Å². The Labute approximate surface area is 163 Å². The fraction of sp³-hybridized carbons (Fsp3) is 0.381. The van der Waals surface area contributed by atoms with E-state index in [0.717, 1.165) is 23.2 Å². The highest BCUT2D eigenvalue weighted by Crippen LogP contribution is 2.26. The highest BCUT2D eigenvalue weighted by Gasteiger charge is 2.23. The quantitative estimate of drug-likeness (QED) is 0.637. The summed E-state index contributed by atoms with van der Waals surface area (Å²) in [6, 6.07) is 8.89. The molecule has 0 spiro atoms. The van der Waals surface area contributed by atoms with E-state index < -0.39 is 6.04 Å². The molecule has 1 aromatic carbocycles. The lowest BCUT2D eigenvalue weighted by atomic mass is 10.2. The van der Waals surface area contributed by atoms with Crippen LogP contribution < -0.4 is 10.9 Å². The third-order valence-corrected chi connectivity index (χ3v) is 5.04. The zero-order valence-corrected chi connectivity index (χ0v) is 16.7. The molecule has 0 fully saturated rings. The van der Waals surface area contributed by atoms with Crippen LogP contribution in [0.15, 0.2) is 41.3 Å². The van der Waals surface area contributed by atoms with Gasteiger partial charge in [0, 0.05) is 37.0 Å². The van der Waals surface area contributed by atoms with Crippen molar-refractivity contribution in [1.29, 1.82) is 0 Å². The van der Waals surface area contributed by atoms with Gasteiger partial charge in [-0.1, -0.05) is 18.2 Å². The Balaban J connectivity index is 2.00. The average Bonchev–Trinajstić information content (AvgIpc) is 2.96. The van der Waals surface area contributed by atoms with E-state index in [-0.39, 0.29) is 11.5 Å². The largest absolute Gasteiger partial charge is 0.385 e. The molecular weight excluding hydrogens is 356 g/mol. The second-order valence-corrected chi connectivity index (χ2v) is 6.84. The SMILES string of the molecule is COCCCNC(=O)[C@@H](C)n1c(C)c2cnn(-c3ccccc3)c(=O)c2c1C. The van der Waals surface area contributed by atoms with Gasteiger partial charge < -0.3 is 14.6 Å². The van der Waals surface area contributed by atoms with Crippen LogP contribution in [0.4, 0.5) is 0 Å². The fourth-order valence-electron chi connectivity index (χ4n) is 3.61. The molecule has 7 heteroatoms. The van der Waals surface area contributed by atoms with Crippen molar-refractivity contribution in [3.8, 4) is 5.69 Å². The van der Waals surface area contributed by atoms with Crippen molar-refractivity contribution in [2.75, 3.05) is 20.3 Å². The molecule has 7 nitrogen and oxygen atoms in total. The summed E-state index contributed by atoms with van der Waals surface area (Å²) >= 11 is 0. The number of rotatable bonds is 7. The number of carbonyl (C=O) groups excluding carboxylic acids is 1. The van der Waals surface area contributed by atoms with Crippen molar-refractivity contribution in [2.24, 2.45) is 0 Å². The molecule has 0 saturated carbocycles. The molecule has 1 atom stereocenters. The van der Waals surface area contributed by atoms with Crippen molar-refractivity contribution >= 4 is 16.7 Å². The zero-order chi connectivity index (χ0) is 20.3. The molecule has 0 radical (unpaired) electrons. The molecule has 0 bridgehead atoms. The first-order chi connectivity index (χ1) is 13.5. The Morgan fingerprint density at radius 2 is 1.93 bits per heavy atom. The number of nitrogens with zero attached hydrogens (tertiary/aromatic N) is 3. The summed E-state index contributed by atoms with van der Waals surface area (Å²) in [4.78, 5) is 25.7. The summed E-state index contributed by atoms with van der Waals surface area (Å²) in [5, 5.41) is 8.64. The first kappa shape index (κ1) is 19.8. The lowest BCUT2D eigenvalue weighted by Crippen LogP contribution is -2.33. The number of para-hydroxylation sites is 1. The minimum absolute atomic E-state index is 0.0843. The van der Waals surface area contributed by atoms with Gasteiger partial charge in [-0.05, 0) is 39.3 Å². The summed E-state index contributed by atoms with van der Waals surface area (Å²) in [6.07, 6.45) is 2.46. The Kier molecular flexibility index (Phi) is 5.94. The van der Waals surface area contributed by atoms with Gasteiger partial charge in [-0.25, -0.2) is 0 Å². The molecule has 3 rings (SSSR count). The number of aryl methyl sites for hydroxylation is 2. The number of amides is 1. The van der Waals surface area contributed by atoms with Crippen LogP contribution in [0.25, 0.3) is 16.5 Å². The molecule has 2 heterocycles. The number of methoxy groups -OCH3 is 1. The molecule has 0 aliphatic rings. The Hall–Kier alpha value is -2.93. The van der Waals surface area contributed by atoms with Crippen LogP contribution in [0.1, 0.15) is 30.8 Å².